The van der Waals surface area contributed by atoms with E-state index in [1.165, 1.54) is 0 Å². The number of Topliss-reactive ketones (excluding diaryl/α,β-unsaturated/α-hetero) is 1. The van der Waals surface area contributed by atoms with Gasteiger partial charge in [0.25, 0.3) is 0 Å². The summed E-state index contributed by atoms with van der Waals surface area (Å²) in [5, 5.41) is 0. The number of carbonyl (C=O) groups excluding carboxylic acids is 1. The first-order chi connectivity index (χ1) is 8.34. The van der Waals surface area contributed by atoms with E-state index in [0.29, 0.717) is 12.2 Å². The molecule has 0 radical (unpaired) electrons. The zero-order valence-corrected chi connectivity index (χ0v) is 9.37. The van der Waals surface area contributed by atoms with Crippen molar-refractivity contribution in [3.63, 3.8) is 0 Å². The maximum Gasteiger partial charge on any atom is 0.174 e. The predicted octanol–water partition coefficient (Wildman–Crippen LogP) is 2.27. The van der Waals surface area contributed by atoms with Crippen LogP contribution in [0.5, 0.6) is 5.75 Å². The molecule has 2 rings (SSSR count). The molecule has 0 aliphatic heterocycles. The van der Waals surface area contributed by atoms with Crippen LogP contribution in [0.15, 0.2) is 54.9 Å². The van der Waals surface area contributed by atoms with Crippen molar-refractivity contribution >= 4 is 5.78 Å². The highest BCUT2D eigenvalue weighted by Crippen LogP contribution is 2.08. The summed E-state index contributed by atoms with van der Waals surface area (Å²) in [6.45, 7) is 0.0961. The molecule has 86 valence electrons. The molecule has 0 bridgehead atoms. The Labute approximate surface area is 100 Å². The Bertz CT molecular complexity index is 468. The van der Waals surface area contributed by atoms with Crippen molar-refractivity contribution in [2.75, 3.05) is 6.61 Å². The number of benzene rings is 1. The minimum Gasteiger partial charge on any atom is -0.486 e. The lowest BCUT2D eigenvalue weighted by Crippen LogP contribution is -2.13. The molecule has 0 fully saturated rings. The van der Waals surface area contributed by atoms with Gasteiger partial charge in [-0.2, -0.15) is 0 Å². The Kier molecular flexibility index (Phi) is 3.86. The number of ketones is 1. The number of para-hydroxylation sites is 1. The molecular formula is C14H13NO2. The number of hydrogen-bond donors (Lipinski definition) is 0. The standard InChI is InChI=1S/C14H13NO2/c16-13(9-12-5-4-8-15-10-12)11-17-14-6-2-1-3-7-14/h1-8,10H,9,11H2. The van der Waals surface area contributed by atoms with Crippen molar-refractivity contribution < 1.29 is 9.53 Å². The monoisotopic (exact) mass is 227 g/mol. The molecule has 0 amide bonds. The molecule has 1 aromatic heterocycles. The van der Waals surface area contributed by atoms with Gasteiger partial charge < -0.3 is 4.74 Å². The Morgan fingerprint density at radius 2 is 1.94 bits per heavy atom. The van der Waals surface area contributed by atoms with Crippen molar-refractivity contribution in [3.05, 3.63) is 60.4 Å². The van der Waals surface area contributed by atoms with E-state index in [-0.39, 0.29) is 12.4 Å². The molecule has 0 aliphatic carbocycles. The van der Waals surface area contributed by atoms with E-state index in [1.54, 1.807) is 12.4 Å². The van der Waals surface area contributed by atoms with Gasteiger partial charge in [0, 0.05) is 18.8 Å². The number of nitrogens with zero attached hydrogens (tertiary/aromatic N) is 1. The highest BCUT2D eigenvalue weighted by Gasteiger charge is 2.04. The van der Waals surface area contributed by atoms with Crippen LogP contribution >= 0.6 is 0 Å². The van der Waals surface area contributed by atoms with Gasteiger partial charge in [-0.05, 0) is 23.8 Å². The fraction of sp³-hybridized carbons (Fsp3) is 0.143. The van der Waals surface area contributed by atoms with E-state index in [1.807, 2.05) is 42.5 Å². The molecule has 1 aromatic carbocycles. The first-order valence-electron chi connectivity index (χ1n) is 5.43. The zero-order valence-electron chi connectivity index (χ0n) is 9.37. The van der Waals surface area contributed by atoms with E-state index < -0.39 is 0 Å². The second-order valence-electron chi connectivity index (χ2n) is 3.68. The molecule has 0 unspecified atom stereocenters. The molecule has 0 N–H and O–H groups in total. The quantitative estimate of drug-likeness (QED) is 0.786. The van der Waals surface area contributed by atoms with Gasteiger partial charge in [-0.3, -0.25) is 9.78 Å². The molecule has 0 spiro atoms. The Balaban J connectivity index is 1.83. The maximum absolute atomic E-state index is 11.6. The van der Waals surface area contributed by atoms with Crippen LogP contribution in [-0.2, 0) is 11.2 Å². The van der Waals surface area contributed by atoms with Gasteiger partial charge in [-0.25, -0.2) is 0 Å². The van der Waals surface area contributed by atoms with E-state index in [0.717, 1.165) is 5.56 Å². The number of carbonyl (C=O) groups is 1. The first-order valence-corrected chi connectivity index (χ1v) is 5.43. The fourth-order valence-electron chi connectivity index (χ4n) is 1.46. The lowest BCUT2D eigenvalue weighted by molar-refractivity contribution is -0.120. The van der Waals surface area contributed by atoms with Gasteiger partial charge in [0.15, 0.2) is 5.78 Å². The molecule has 2 aromatic rings. The van der Waals surface area contributed by atoms with Crippen molar-refractivity contribution in [1.82, 2.24) is 4.98 Å². The van der Waals surface area contributed by atoms with Gasteiger partial charge in [0.05, 0.1) is 0 Å². The molecule has 1 heterocycles. The van der Waals surface area contributed by atoms with Gasteiger partial charge in [-0.1, -0.05) is 24.3 Å². The summed E-state index contributed by atoms with van der Waals surface area (Å²) < 4.78 is 5.37. The normalized spacial score (nSPS) is 9.88. The third-order valence-electron chi connectivity index (χ3n) is 2.27. The van der Waals surface area contributed by atoms with Crippen LogP contribution in [0.1, 0.15) is 5.56 Å². The number of aromatic nitrogens is 1. The molecule has 0 saturated heterocycles. The molecule has 3 nitrogen and oxygen atoms in total. The summed E-state index contributed by atoms with van der Waals surface area (Å²) in [5.74, 6) is 0.758. The molecule has 0 aliphatic rings. The lowest BCUT2D eigenvalue weighted by Gasteiger charge is -2.04. The van der Waals surface area contributed by atoms with E-state index in [9.17, 15) is 4.79 Å². The Morgan fingerprint density at radius 3 is 2.65 bits per heavy atom. The van der Waals surface area contributed by atoms with Crippen molar-refractivity contribution in [2.45, 2.75) is 6.42 Å². The summed E-state index contributed by atoms with van der Waals surface area (Å²) in [6, 6.07) is 13.0. The Hall–Kier alpha value is -2.16. The summed E-state index contributed by atoms with van der Waals surface area (Å²) in [7, 11) is 0. The summed E-state index contributed by atoms with van der Waals surface area (Å²) in [6.07, 6.45) is 3.75. The highest BCUT2D eigenvalue weighted by atomic mass is 16.5. The first kappa shape index (κ1) is 11.3. The average molecular weight is 227 g/mol. The van der Waals surface area contributed by atoms with E-state index in [2.05, 4.69) is 4.98 Å². The van der Waals surface area contributed by atoms with Gasteiger partial charge in [0.1, 0.15) is 12.4 Å². The second-order valence-corrected chi connectivity index (χ2v) is 3.68. The largest absolute Gasteiger partial charge is 0.486 e. The molecule has 3 heteroatoms. The van der Waals surface area contributed by atoms with Crippen LogP contribution in [0.2, 0.25) is 0 Å². The lowest BCUT2D eigenvalue weighted by atomic mass is 10.1. The predicted molar refractivity (Wildman–Crippen MR) is 64.9 cm³/mol. The molecule has 0 atom stereocenters. The SMILES string of the molecule is O=C(COc1ccccc1)Cc1cccnc1. The van der Waals surface area contributed by atoms with Gasteiger partial charge in [0.2, 0.25) is 0 Å². The van der Waals surface area contributed by atoms with Crippen LogP contribution < -0.4 is 4.74 Å². The van der Waals surface area contributed by atoms with E-state index >= 15 is 0 Å². The average Bonchev–Trinajstić information content (AvgIpc) is 2.39. The summed E-state index contributed by atoms with van der Waals surface area (Å²) in [4.78, 5) is 15.6. The minimum absolute atomic E-state index is 0.0434. The number of pyridine rings is 1. The summed E-state index contributed by atoms with van der Waals surface area (Å²) in [5.41, 5.74) is 0.911. The third kappa shape index (κ3) is 3.72. The zero-order chi connectivity index (χ0) is 11.9. The van der Waals surface area contributed by atoms with Crippen LogP contribution in [-0.4, -0.2) is 17.4 Å². The van der Waals surface area contributed by atoms with Crippen LogP contribution in [0.4, 0.5) is 0 Å². The Morgan fingerprint density at radius 1 is 1.12 bits per heavy atom. The van der Waals surface area contributed by atoms with Gasteiger partial charge >= 0.3 is 0 Å². The van der Waals surface area contributed by atoms with Crippen molar-refractivity contribution in [1.29, 1.82) is 0 Å². The fourth-order valence-corrected chi connectivity index (χ4v) is 1.46. The highest BCUT2D eigenvalue weighted by molar-refractivity contribution is 5.82. The third-order valence-corrected chi connectivity index (χ3v) is 2.27. The molecule has 17 heavy (non-hydrogen) atoms. The second kappa shape index (κ2) is 5.80. The van der Waals surface area contributed by atoms with Crippen LogP contribution in [0.3, 0.4) is 0 Å². The smallest absolute Gasteiger partial charge is 0.174 e. The minimum atomic E-state index is 0.0434. The summed E-state index contributed by atoms with van der Waals surface area (Å²) >= 11 is 0. The van der Waals surface area contributed by atoms with Crippen LogP contribution in [0, 0.1) is 0 Å². The maximum atomic E-state index is 11.6. The van der Waals surface area contributed by atoms with Crippen LogP contribution in [0.25, 0.3) is 0 Å². The number of ether oxygens (including phenoxy) is 1. The molecule has 0 saturated carbocycles. The topological polar surface area (TPSA) is 39.2 Å². The van der Waals surface area contributed by atoms with Gasteiger partial charge in [-0.15, -0.1) is 0 Å². The number of hydrogen-bond acceptors (Lipinski definition) is 3. The van der Waals surface area contributed by atoms with Crippen molar-refractivity contribution in [2.24, 2.45) is 0 Å². The van der Waals surface area contributed by atoms with E-state index in [4.69, 9.17) is 4.74 Å². The number of rotatable bonds is 5. The molecular weight excluding hydrogens is 214 g/mol. The van der Waals surface area contributed by atoms with Crippen molar-refractivity contribution in [3.8, 4) is 5.75 Å².